The molecular weight excluding hydrogens is 401 g/mol. The number of benzene rings is 3. The molecule has 0 heterocycles. The van der Waals surface area contributed by atoms with Crippen LogP contribution in [0.4, 0.5) is 13.2 Å². The Morgan fingerprint density at radius 2 is 1.45 bits per heavy atom. The average Bonchev–Trinajstić information content (AvgIpc) is 2.72. The maximum atomic E-state index is 13.1. The normalized spacial score (nSPS) is 12.4. The van der Waals surface area contributed by atoms with Crippen molar-refractivity contribution < 1.29 is 18.0 Å². The summed E-state index contributed by atoms with van der Waals surface area (Å²) in [5.74, 6) is -0.798. The molecule has 0 aliphatic rings. The molecule has 1 amide bonds. The summed E-state index contributed by atoms with van der Waals surface area (Å²) in [7, 11) is 0. The number of carbonyl (C=O) groups excluding carboxylic acids is 1. The molecule has 3 nitrogen and oxygen atoms in total. The van der Waals surface area contributed by atoms with E-state index in [-0.39, 0.29) is 12.7 Å². The van der Waals surface area contributed by atoms with Crippen LogP contribution in [-0.4, -0.2) is 12.6 Å². The van der Waals surface area contributed by atoms with E-state index < -0.39 is 23.2 Å². The van der Waals surface area contributed by atoms with Crippen LogP contribution in [0.5, 0.6) is 0 Å². The second-order valence-corrected chi connectivity index (χ2v) is 6.76. The molecule has 2 N–H and O–H groups in total. The van der Waals surface area contributed by atoms with Crippen molar-refractivity contribution >= 4 is 17.5 Å². The van der Waals surface area contributed by atoms with Gasteiger partial charge >= 0.3 is 6.18 Å². The van der Waals surface area contributed by atoms with Crippen molar-refractivity contribution in [1.29, 1.82) is 0 Å². The Morgan fingerprint density at radius 1 is 0.862 bits per heavy atom. The van der Waals surface area contributed by atoms with Gasteiger partial charge in [0.25, 0.3) is 5.91 Å². The first-order chi connectivity index (χ1) is 13.9. The molecular formula is C22H18ClF3N2O. The van der Waals surface area contributed by atoms with Crippen LogP contribution < -0.4 is 10.6 Å². The van der Waals surface area contributed by atoms with Crippen molar-refractivity contribution in [2.24, 2.45) is 0 Å². The zero-order valence-electron chi connectivity index (χ0n) is 15.2. The Hall–Kier alpha value is -2.83. The zero-order valence-corrected chi connectivity index (χ0v) is 16.0. The quantitative estimate of drug-likeness (QED) is 0.524. The Kier molecular flexibility index (Phi) is 6.56. The maximum absolute atomic E-state index is 13.1. The van der Waals surface area contributed by atoms with Gasteiger partial charge in [0.15, 0.2) is 0 Å². The van der Waals surface area contributed by atoms with E-state index in [0.29, 0.717) is 5.02 Å². The first-order valence-corrected chi connectivity index (χ1v) is 9.22. The molecule has 0 saturated carbocycles. The number of alkyl halides is 3. The molecule has 7 heteroatoms. The second kappa shape index (κ2) is 9.11. The van der Waals surface area contributed by atoms with E-state index in [1.807, 2.05) is 42.5 Å². The van der Waals surface area contributed by atoms with Crippen LogP contribution in [0, 0.1) is 0 Å². The fourth-order valence-electron chi connectivity index (χ4n) is 2.99. The van der Waals surface area contributed by atoms with Gasteiger partial charge < -0.3 is 5.32 Å². The third kappa shape index (κ3) is 5.37. The SMILES string of the molecule is O=C(NCNC(c1ccccc1)c1ccc(Cl)cc1)c1ccccc1C(F)(F)F. The lowest BCUT2D eigenvalue weighted by Gasteiger charge is -2.21. The maximum Gasteiger partial charge on any atom is 0.417 e. The van der Waals surface area contributed by atoms with Crippen LogP contribution in [0.1, 0.15) is 33.1 Å². The summed E-state index contributed by atoms with van der Waals surface area (Å²) in [6.45, 7) is -0.0206. The number of amides is 1. The fraction of sp³-hybridized carbons (Fsp3) is 0.136. The van der Waals surface area contributed by atoms with Gasteiger partial charge in [0.05, 0.1) is 23.8 Å². The summed E-state index contributed by atoms with van der Waals surface area (Å²) in [5, 5.41) is 6.29. The van der Waals surface area contributed by atoms with E-state index in [2.05, 4.69) is 10.6 Å². The Morgan fingerprint density at radius 3 is 2.10 bits per heavy atom. The Balaban J connectivity index is 1.74. The lowest BCUT2D eigenvalue weighted by Crippen LogP contribution is -2.37. The third-order valence-corrected chi connectivity index (χ3v) is 4.62. The van der Waals surface area contributed by atoms with Crippen molar-refractivity contribution in [2.45, 2.75) is 12.2 Å². The minimum atomic E-state index is -4.60. The molecule has 3 aromatic carbocycles. The van der Waals surface area contributed by atoms with Gasteiger partial charge in [-0.25, -0.2) is 0 Å². The molecule has 1 atom stereocenters. The van der Waals surface area contributed by atoms with Gasteiger partial charge in [-0.2, -0.15) is 13.2 Å². The highest BCUT2D eigenvalue weighted by Crippen LogP contribution is 2.31. The molecule has 0 aliphatic carbocycles. The molecule has 0 fully saturated rings. The highest BCUT2D eigenvalue weighted by Gasteiger charge is 2.34. The van der Waals surface area contributed by atoms with E-state index >= 15 is 0 Å². The third-order valence-electron chi connectivity index (χ3n) is 4.37. The molecule has 150 valence electrons. The van der Waals surface area contributed by atoms with Crippen molar-refractivity contribution in [3.05, 3.63) is 106 Å². The minimum absolute atomic E-state index is 0.0206. The van der Waals surface area contributed by atoms with E-state index in [9.17, 15) is 18.0 Å². The lowest BCUT2D eigenvalue weighted by atomic mass is 9.99. The Bertz CT molecular complexity index is 960. The molecule has 3 rings (SSSR count). The van der Waals surface area contributed by atoms with Crippen LogP contribution >= 0.6 is 11.6 Å². The number of hydrogen-bond acceptors (Lipinski definition) is 2. The molecule has 0 aromatic heterocycles. The van der Waals surface area contributed by atoms with Crippen LogP contribution in [0.3, 0.4) is 0 Å². The number of rotatable bonds is 6. The summed E-state index contributed by atoms with van der Waals surface area (Å²) < 4.78 is 39.4. The molecule has 0 saturated heterocycles. The van der Waals surface area contributed by atoms with Crippen LogP contribution in [-0.2, 0) is 6.18 Å². The summed E-state index contributed by atoms with van der Waals surface area (Å²) >= 11 is 5.96. The van der Waals surface area contributed by atoms with Crippen molar-refractivity contribution in [1.82, 2.24) is 10.6 Å². The Labute approximate surface area is 171 Å². The van der Waals surface area contributed by atoms with Gasteiger partial charge in [-0.3, -0.25) is 10.1 Å². The monoisotopic (exact) mass is 418 g/mol. The molecule has 3 aromatic rings. The first-order valence-electron chi connectivity index (χ1n) is 8.84. The average molecular weight is 419 g/mol. The number of carbonyl (C=O) groups is 1. The summed E-state index contributed by atoms with van der Waals surface area (Å²) in [6.07, 6.45) is -4.60. The molecule has 1 unspecified atom stereocenters. The van der Waals surface area contributed by atoms with Gasteiger partial charge in [0.1, 0.15) is 0 Å². The van der Waals surface area contributed by atoms with E-state index in [0.717, 1.165) is 23.3 Å². The molecule has 0 aliphatic heterocycles. The van der Waals surface area contributed by atoms with Gasteiger partial charge in [-0.15, -0.1) is 0 Å². The highest BCUT2D eigenvalue weighted by molar-refractivity contribution is 6.30. The largest absolute Gasteiger partial charge is 0.417 e. The molecule has 29 heavy (non-hydrogen) atoms. The number of halogens is 4. The van der Waals surface area contributed by atoms with Gasteiger partial charge in [-0.05, 0) is 35.4 Å². The molecule has 0 spiro atoms. The van der Waals surface area contributed by atoms with Crippen molar-refractivity contribution in [3.8, 4) is 0 Å². The van der Waals surface area contributed by atoms with Crippen LogP contribution in [0.25, 0.3) is 0 Å². The zero-order chi connectivity index (χ0) is 20.9. The smallest absolute Gasteiger partial charge is 0.339 e. The van der Waals surface area contributed by atoms with Crippen molar-refractivity contribution in [3.63, 3.8) is 0 Å². The highest BCUT2D eigenvalue weighted by atomic mass is 35.5. The summed E-state index contributed by atoms with van der Waals surface area (Å²) in [4.78, 5) is 12.3. The van der Waals surface area contributed by atoms with Gasteiger partial charge in [-0.1, -0.05) is 66.2 Å². The minimum Gasteiger partial charge on any atom is -0.339 e. The van der Waals surface area contributed by atoms with Crippen LogP contribution in [0.15, 0.2) is 78.9 Å². The van der Waals surface area contributed by atoms with E-state index in [1.165, 1.54) is 12.1 Å². The van der Waals surface area contributed by atoms with Gasteiger partial charge in [0.2, 0.25) is 0 Å². The molecule has 0 radical (unpaired) electrons. The van der Waals surface area contributed by atoms with Crippen molar-refractivity contribution in [2.75, 3.05) is 6.67 Å². The van der Waals surface area contributed by atoms with E-state index in [1.54, 1.807) is 12.1 Å². The molecule has 0 bridgehead atoms. The summed E-state index contributed by atoms with van der Waals surface area (Å²) in [5.41, 5.74) is 0.477. The second-order valence-electron chi connectivity index (χ2n) is 6.33. The number of hydrogen-bond donors (Lipinski definition) is 2. The first kappa shape index (κ1) is 20.9. The summed E-state index contributed by atoms with van der Waals surface area (Å²) in [6, 6.07) is 21.2. The number of nitrogens with one attached hydrogen (secondary N) is 2. The van der Waals surface area contributed by atoms with Crippen LogP contribution in [0.2, 0.25) is 5.02 Å². The standard InChI is InChI=1S/C22H18ClF3N2O/c23-17-12-10-16(11-13-17)20(15-6-2-1-3-7-15)27-14-28-21(29)18-8-4-5-9-19(18)22(24,25)26/h1-13,20,27H,14H2,(H,28,29). The predicted octanol–water partition coefficient (Wildman–Crippen LogP) is 5.43. The topological polar surface area (TPSA) is 41.1 Å². The lowest BCUT2D eigenvalue weighted by molar-refractivity contribution is -0.137. The predicted molar refractivity (Wildman–Crippen MR) is 107 cm³/mol. The van der Waals surface area contributed by atoms with E-state index in [4.69, 9.17) is 11.6 Å². The van der Waals surface area contributed by atoms with Gasteiger partial charge in [0, 0.05) is 5.02 Å². The fourth-order valence-corrected chi connectivity index (χ4v) is 3.11.